The van der Waals surface area contributed by atoms with Gasteiger partial charge in [0.1, 0.15) is 24.1 Å². The third-order valence-electron chi connectivity index (χ3n) is 2.32. The van der Waals surface area contributed by atoms with Gasteiger partial charge in [-0.3, -0.25) is 10.1 Å². The molecule has 10 heteroatoms. The molecular formula is C11H10BrN5O4. The first kappa shape index (κ1) is 14.9. The van der Waals surface area contributed by atoms with E-state index < -0.39 is 12.1 Å². The maximum absolute atomic E-state index is 11.5. The van der Waals surface area contributed by atoms with E-state index in [1.54, 1.807) is 0 Å². The SMILES string of the molecule is C=CCOC(=O)Nc1ncnc2c1c(Br)nn2CC(=O)O. The zero-order valence-corrected chi connectivity index (χ0v) is 12.2. The molecule has 9 nitrogen and oxygen atoms in total. The number of hydrogen-bond acceptors (Lipinski definition) is 6. The van der Waals surface area contributed by atoms with Crippen LogP contribution in [0.2, 0.25) is 0 Å². The molecule has 2 heterocycles. The van der Waals surface area contributed by atoms with Crippen LogP contribution in [0.25, 0.3) is 11.0 Å². The van der Waals surface area contributed by atoms with E-state index in [4.69, 9.17) is 9.84 Å². The highest BCUT2D eigenvalue weighted by Gasteiger charge is 2.18. The summed E-state index contributed by atoms with van der Waals surface area (Å²) in [7, 11) is 0. The zero-order valence-electron chi connectivity index (χ0n) is 10.6. The van der Waals surface area contributed by atoms with E-state index in [0.717, 1.165) is 0 Å². The van der Waals surface area contributed by atoms with E-state index >= 15 is 0 Å². The van der Waals surface area contributed by atoms with Crippen LogP contribution in [0.15, 0.2) is 23.6 Å². The summed E-state index contributed by atoms with van der Waals surface area (Å²) in [6.07, 6.45) is 1.90. The summed E-state index contributed by atoms with van der Waals surface area (Å²) in [5, 5.41) is 15.7. The molecule has 0 bridgehead atoms. The van der Waals surface area contributed by atoms with Gasteiger partial charge in [0.15, 0.2) is 11.5 Å². The first-order valence-electron chi connectivity index (χ1n) is 5.66. The Morgan fingerprint density at radius 2 is 2.29 bits per heavy atom. The van der Waals surface area contributed by atoms with E-state index in [9.17, 15) is 9.59 Å². The van der Waals surface area contributed by atoms with Gasteiger partial charge in [-0.15, -0.1) is 0 Å². The van der Waals surface area contributed by atoms with Crippen LogP contribution in [0, 0.1) is 0 Å². The number of amides is 1. The smallest absolute Gasteiger partial charge is 0.413 e. The fraction of sp³-hybridized carbons (Fsp3) is 0.182. The fourth-order valence-electron chi connectivity index (χ4n) is 1.57. The number of halogens is 1. The number of carboxylic acids is 1. The fourth-order valence-corrected chi connectivity index (χ4v) is 2.12. The number of aromatic nitrogens is 4. The molecule has 21 heavy (non-hydrogen) atoms. The lowest BCUT2D eigenvalue weighted by molar-refractivity contribution is -0.137. The first-order valence-corrected chi connectivity index (χ1v) is 6.45. The molecule has 0 spiro atoms. The maximum atomic E-state index is 11.5. The normalized spacial score (nSPS) is 10.3. The molecule has 1 amide bonds. The average Bonchev–Trinajstić information content (AvgIpc) is 2.73. The Morgan fingerprint density at radius 3 is 2.95 bits per heavy atom. The van der Waals surface area contributed by atoms with Crippen molar-refractivity contribution in [3.05, 3.63) is 23.6 Å². The van der Waals surface area contributed by atoms with Gasteiger partial charge >= 0.3 is 12.1 Å². The summed E-state index contributed by atoms with van der Waals surface area (Å²) < 4.78 is 6.29. The molecule has 0 saturated heterocycles. The van der Waals surface area contributed by atoms with E-state index in [-0.39, 0.29) is 24.6 Å². The third-order valence-corrected chi connectivity index (χ3v) is 2.88. The number of nitrogens with one attached hydrogen (secondary N) is 1. The van der Waals surface area contributed by atoms with Gasteiger partial charge in [-0.05, 0) is 15.9 Å². The number of rotatable bonds is 5. The highest BCUT2D eigenvalue weighted by Crippen LogP contribution is 2.27. The van der Waals surface area contributed by atoms with Gasteiger partial charge < -0.3 is 9.84 Å². The number of nitrogens with zero attached hydrogens (tertiary/aromatic N) is 4. The molecule has 0 aromatic carbocycles. The minimum atomic E-state index is -1.06. The Labute approximate surface area is 126 Å². The summed E-state index contributed by atoms with van der Waals surface area (Å²) in [5.74, 6) is -0.900. The summed E-state index contributed by atoms with van der Waals surface area (Å²) in [5.41, 5.74) is 0.276. The van der Waals surface area contributed by atoms with Crippen LogP contribution < -0.4 is 5.32 Å². The maximum Gasteiger partial charge on any atom is 0.413 e. The molecule has 0 aliphatic carbocycles. The molecule has 0 unspecified atom stereocenters. The van der Waals surface area contributed by atoms with Crippen LogP contribution in [0.4, 0.5) is 10.6 Å². The largest absolute Gasteiger partial charge is 0.480 e. The second-order valence-electron chi connectivity index (χ2n) is 3.78. The van der Waals surface area contributed by atoms with E-state index in [0.29, 0.717) is 9.99 Å². The molecular weight excluding hydrogens is 346 g/mol. The highest BCUT2D eigenvalue weighted by molar-refractivity contribution is 9.10. The summed E-state index contributed by atoms with van der Waals surface area (Å²) in [6.45, 7) is 3.12. The van der Waals surface area contributed by atoms with Crippen molar-refractivity contribution in [3.8, 4) is 0 Å². The van der Waals surface area contributed by atoms with Crippen LogP contribution in [-0.4, -0.2) is 43.5 Å². The summed E-state index contributed by atoms with van der Waals surface area (Å²) in [4.78, 5) is 30.2. The Kier molecular flexibility index (Phi) is 4.48. The van der Waals surface area contributed by atoms with Crippen LogP contribution in [0.5, 0.6) is 0 Å². The number of fused-ring (bicyclic) bond motifs is 1. The van der Waals surface area contributed by atoms with Crippen LogP contribution in [0.1, 0.15) is 0 Å². The monoisotopic (exact) mass is 355 g/mol. The first-order chi connectivity index (χ1) is 10.0. The molecule has 0 aliphatic heterocycles. The second-order valence-corrected chi connectivity index (χ2v) is 4.53. The predicted octanol–water partition coefficient (Wildman–Crippen LogP) is 1.41. The van der Waals surface area contributed by atoms with Gasteiger partial charge in [-0.25, -0.2) is 19.4 Å². The lowest BCUT2D eigenvalue weighted by atomic mass is 10.4. The van der Waals surface area contributed by atoms with Crippen molar-refractivity contribution in [2.45, 2.75) is 6.54 Å². The topological polar surface area (TPSA) is 119 Å². The van der Waals surface area contributed by atoms with E-state index in [1.165, 1.54) is 17.1 Å². The standard InChI is InChI=1S/C11H10BrN5O4/c1-2-3-21-11(20)15-9-7-8(12)16-17(4-6(18)19)10(7)14-5-13-9/h2,5H,1,3-4H2,(H,18,19)(H,13,14,15,20). The van der Waals surface area contributed by atoms with Gasteiger partial charge in [0.25, 0.3) is 0 Å². The Morgan fingerprint density at radius 1 is 1.52 bits per heavy atom. The van der Waals surface area contributed by atoms with E-state index in [1.807, 2.05) is 0 Å². The molecule has 0 atom stereocenters. The van der Waals surface area contributed by atoms with Crippen LogP contribution in [0.3, 0.4) is 0 Å². The van der Waals surface area contributed by atoms with Crippen molar-refractivity contribution in [1.29, 1.82) is 0 Å². The molecule has 2 aromatic heterocycles. The van der Waals surface area contributed by atoms with Gasteiger partial charge in [-0.1, -0.05) is 12.7 Å². The molecule has 2 rings (SSSR count). The van der Waals surface area contributed by atoms with Crippen molar-refractivity contribution in [2.75, 3.05) is 11.9 Å². The number of hydrogen-bond donors (Lipinski definition) is 2. The van der Waals surface area contributed by atoms with E-state index in [2.05, 4.69) is 42.9 Å². The van der Waals surface area contributed by atoms with Gasteiger partial charge in [0.05, 0.1) is 5.39 Å². The minimum Gasteiger partial charge on any atom is -0.480 e. The second kappa shape index (κ2) is 6.31. The number of aliphatic carboxylic acids is 1. The lowest BCUT2D eigenvalue weighted by Gasteiger charge is -2.05. The molecule has 2 aromatic rings. The number of carboxylic acid groups (broad SMARTS) is 1. The molecule has 110 valence electrons. The summed E-state index contributed by atoms with van der Waals surface area (Å²) in [6, 6.07) is 0. The minimum absolute atomic E-state index is 0.0551. The van der Waals surface area contributed by atoms with Crippen molar-refractivity contribution in [3.63, 3.8) is 0 Å². The summed E-state index contributed by atoms with van der Waals surface area (Å²) >= 11 is 3.19. The van der Waals surface area contributed by atoms with Crippen LogP contribution >= 0.6 is 15.9 Å². The van der Waals surface area contributed by atoms with Gasteiger partial charge in [0.2, 0.25) is 0 Å². The zero-order chi connectivity index (χ0) is 15.4. The molecule has 0 aliphatic rings. The Hall–Kier alpha value is -2.49. The van der Waals surface area contributed by atoms with Gasteiger partial charge in [0, 0.05) is 0 Å². The average molecular weight is 356 g/mol. The van der Waals surface area contributed by atoms with Crippen molar-refractivity contribution in [1.82, 2.24) is 19.7 Å². The highest BCUT2D eigenvalue weighted by atomic mass is 79.9. The van der Waals surface area contributed by atoms with Crippen LogP contribution in [-0.2, 0) is 16.1 Å². The van der Waals surface area contributed by atoms with Crippen molar-refractivity contribution >= 4 is 44.8 Å². The number of ether oxygens (including phenoxy) is 1. The third kappa shape index (κ3) is 3.34. The van der Waals surface area contributed by atoms with Crippen molar-refractivity contribution < 1.29 is 19.4 Å². The number of carbonyl (C=O) groups is 2. The molecule has 0 radical (unpaired) electrons. The number of carbonyl (C=O) groups excluding carboxylic acids is 1. The molecule has 0 fully saturated rings. The predicted molar refractivity (Wildman–Crippen MR) is 75.8 cm³/mol. The quantitative estimate of drug-likeness (QED) is 0.778. The molecule has 0 saturated carbocycles. The lowest BCUT2D eigenvalue weighted by Crippen LogP contribution is -2.15. The van der Waals surface area contributed by atoms with Gasteiger partial charge in [-0.2, -0.15) is 5.10 Å². The Bertz CT molecular complexity index is 714. The Balaban J connectivity index is 2.37. The number of anilines is 1. The molecule has 2 N–H and O–H groups in total. The van der Waals surface area contributed by atoms with Crippen molar-refractivity contribution in [2.24, 2.45) is 0 Å².